The summed E-state index contributed by atoms with van der Waals surface area (Å²) in [4.78, 5) is 5.42. The van der Waals surface area contributed by atoms with Gasteiger partial charge in [-0.3, -0.25) is 0 Å². The molecule has 0 radical (unpaired) electrons. The number of pyridine rings is 1. The molecule has 0 aliphatic heterocycles. The number of aliphatic hydroxyl groups excluding tert-OH is 1. The Bertz CT molecular complexity index is 758. The van der Waals surface area contributed by atoms with Crippen molar-refractivity contribution in [2.24, 2.45) is 5.73 Å². The van der Waals surface area contributed by atoms with Crippen LogP contribution in [0.3, 0.4) is 0 Å². The number of thiophene rings is 1. The minimum atomic E-state index is -0.261. The van der Waals surface area contributed by atoms with E-state index in [0.717, 1.165) is 26.5 Å². The van der Waals surface area contributed by atoms with E-state index >= 15 is 0 Å². The monoisotopic (exact) mass is 337 g/mol. The van der Waals surface area contributed by atoms with Crippen molar-refractivity contribution in [1.29, 1.82) is 0 Å². The molecule has 7 heteroatoms. The fourth-order valence-corrected chi connectivity index (χ4v) is 3.57. The zero-order chi connectivity index (χ0) is 15.5. The highest BCUT2D eigenvalue weighted by Gasteiger charge is 2.12. The summed E-state index contributed by atoms with van der Waals surface area (Å²) < 4.78 is 6.34. The van der Waals surface area contributed by atoms with Crippen molar-refractivity contribution in [1.82, 2.24) is 4.98 Å². The molecular weight excluding hydrogens is 322 g/mol. The van der Waals surface area contributed by atoms with Gasteiger partial charge in [0.2, 0.25) is 0 Å². The lowest BCUT2D eigenvalue weighted by atomic mass is 10.2. The van der Waals surface area contributed by atoms with Crippen molar-refractivity contribution >= 4 is 38.8 Å². The first-order chi connectivity index (χ1) is 10.7. The van der Waals surface area contributed by atoms with Crippen molar-refractivity contribution in [3.05, 3.63) is 46.3 Å². The molecule has 3 heterocycles. The predicted molar refractivity (Wildman–Crippen MR) is 89.4 cm³/mol. The van der Waals surface area contributed by atoms with Crippen LogP contribution in [0.2, 0.25) is 5.15 Å². The van der Waals surface area contributed by atoms with Crippen LogP contribution < -0.4 is 11.1 Å². The second-order valence-corrected chi connectivity index (χ2v) is 6.52. The maximum absolute atomic E-state index is 9.08. The number of hydrogen-bond acceptors (Lipinski definition) is 6. The molecule has 0 saturated heterocycles. The summed E-state index contributed by atoms with van der Waals surface area (Å²) in [5.41, 5.74) is 7.55. The minimum absolute atomic E-state index is 0.0357. The fraction of sp³-hybridized carbons (Fsp3) is 0.267. The highest BCUT2D eigenvalue weighted by Crippen LogP contribution is 2.33. The van der Waals surface area contributed by atoms with E-state index in [-0.39, 0.29) is 12.6 Å². The predicted octanol–water partition coefficient (Wildman–Crippen LogP) is 3.02. The van der Waals surface area contributed by atoms with Crippen LogP contribution in [0.1, 0.15) is 10.6 Å². The Morgan fingerprint density at radius 3 is 3.05 bits per heavy atom. The van der Waals surface area contributed by atoms with E-state index in [0.29, 0.717) is 18.1 Å². The summed E-state index contributed by atoms with van der Waals surface area (Å²) in [6, 6.07) is 7.28. The van der Waals surface area contributed by atoms with Gasteiger partial charge in [-0.1, -0.05) is 11.6 Å². The van der Waals surface area contributed by atoms with Crippen molar-refractivity contribution in [2.75, 3.05) is 11.9 Å². The summed E-state index contributed by atoms with van der Waals surface area (Å²) in [7, 11) is 0. The lowest BCUT2D eigenvalue weighted by Gasteiger charge is -2.06. The quantitative estimate of drug-likeness (QED) is 0.602. The second-order valence-electron chi connectivity index (χ2n) is 5.00. The average molecular weight is 338 g/mol. The zero-order valence-electron chi connectivity index (χ0n) is 11.8. The van der Waals surface area contributed by atoms with E-state index in [1.54, 1.807) is 23.7 Å². The van der Waals surface area contributed by atoms with Crippen LogP contribution in [0.25, 0.3) is 10.2 Å². The molecule has 3 aromatic rings. The molecule has 0 unspecified atom stereocenters. The van der Waals surface area contributed by atoms with Gasteiger partial charge < -0.3 is 20.6 Å². The average Bonchev–Trinajstić information content (AvgIpc) is 3.13. The Balaban J connectivity index is 1.87. The van der Waals surface area contributed by atoms with Crippen LogP contribution in [0, 0.1) is 0 Å². The highest BCUT2D eigenvalue weighted by atomic mass is 35.5. The van der Waals surface area contributed by atoms with Gasteiger partial charge in [0.05, 0.1) is 35.3 Å². The smallest absolute Gasteiger partial charge is 0.131 e. The molecule has 0 spiro atoms. The first kappa shape index (κ1) is 15.3. The fourth-order valence-electron chi connectivity index (χ4n) is 2.19. The largest absolute Gasteiger partial charge is 0.467 e. The number of fused-ring (bicyclic) bond motifs is 1. The Morgan fingerprint density at radius 1 is 1.45 bits per heavy atom. The molecule has 0 saturated carbocycles. The second kappa shape index (κ2) is 6.66. The third-order valence-electron chi connectivity index (χ3n) is 3.23. The van der Waals surface area contributed by atoms with Gasteiger partial charge >= 0.3 is 0 Å². The lowest BCUT2D eigenvalue weighted by molar-refractivity contribution is 0.266. The van der Waals surface area contributed by atoms with Gasteiger partial charge in [0.15, 0.2) is 0 Å². The third kappa shape index (κ3) is 3.41. The van der Waals surface area contributed by atoms with Gasteiger partial charge in [0, 0.05) is 17.0 Å². The standard InChI is InChI=1S/C15H16ClN3O2S/c16-14-6-12(18-7-10-2-1-3-21-10)15-13(19-14)5-11(22-15)4-9(17)8-20/h1-3,5-6,9,20H,4,7-8,17H2,(H,18,19)/t9-/m1/s1. The van der Waals surface area contributed by atoms with Crippen molar-refractivity contribution in [3.8, 4) is 0 Å². The molecule has 0 aliphatic carbocycles. The molecule has 1 atom stereocenters. The van der Waals surface area contributed by atoms with Crippen molar-refractivity contribution in [3.63, 3.8) is 0 Å². The van der Waals surface area contributed by atoms with Crippen molar-refractivity contribution in [2.45, 2.75) is 19.0 Å². The van der Waals surface area contributed by atoms with Crippen LogP contribution in [-0.4, -0.2) is 22.7 Å². The number of aromatic nitrogens is 1. The SMILES string of the molecule is N[C@@H](CO)Cc1cc2nc(Cl)cc(NCc3ccco3)c2s1. The van der Waals surface area contributed by atoms with Crippen molar-refractivity contribution < 1.29 is 9.52 Å². The van der Waals surface area contributed by atoms with Crippen LogP contribution in [0.5, 0.6) is 0 Å². The van der Waals surface area contributed by atoms with Crippen LogP contribution >= 0.6 is 22.9 Å². The molecule has 0 amide bonds. The van der Waals surface area contributed by atoms with Crippen LogP contribution in [-0.2, 0) is 13.0 Å². The Morgan fingerprint density at radius 2 is 2.32 bits per heavy atom. The van der Waals surface area contributed by atoms with E-state index in [4.69, 9.17) is 26.9 Å². The molecule has 0 aromatic carbocycles. The first-order valence-electron chi connectivity index (χ1n) is 6.87. The number of rotatable bonds is 6. The number of nitrogens with two attached hydrogens (primary N) is 1. The summed E-state index contributed by atoms with van der Waals surface area (Å²) in [5.74, 6) is 0.847. The van der Waals surface area contributed by atoms with Gasteiger partial charge in [0.25, 0.3) is 0 Å². The normalized spacial score (nSPS) is 12.7. The van der Waals surface area contributed by atoms with E-state index < -0.39 is 0 Å². The number of halogens is 1. The summed E-state index contributed by atoms with van der Waals surface area (Å²) in [6.07, 6.45) is 2.26. The molecule has 0 fully saturated rings. The molecule has 3 rings (SSSR count). The zero-order valence-corrected chi connectivity index (χ0v) is 13.3. The van der Waals surface area contributed by atoms with E-state index in [2.05, 4.69) is 10.3 Å². The summed E-state index contributed by atoms with van der Waals surface area (Å²) in [6.45, 7) is 0.540. The van der Waals surface area contributed by atoms with Gasteiger partial charge in [-0.15, -0.1) is 11.3 Å². The number of nitrogens with one attached hydrogen (secondary N) is 1. The van der Waals surface area contributed by atoms with E-state index in [9.17, 15) is 0 Å². The Hall–Kier alpha value is -1.60. The molecule has 0 aliphatic rings. The van der Waals surface area contributed by atoms with Crippen LogP contribution in [0.4, 0.5) is 5.69 Å². The van der Waals surface area contributed by atoms with Gasteiger partial charge in [-0.2, -0.15) is 0 Å². The lowest BCUT2D eigenvalue weighted by Crippen LogP contribution is -2.26. The molecule has 4 N–H and O–H groups in total. The summed E-state index contributed by atoms with van der Waals surface area (Å²) >= 11 is 7.70. The number of furan rings is 1. The minimum Gasteiger partial charge on any atom is -0.467 e. The number of nitrogens with zero attached hydrogens (tertiary/aromatic N) is 1. The molecule has 5 nitrogen and oxygen atoms in total. The van der Waals surface area contributed by atoms with Gasteiger partial charge in [-0.05, 0) is 24.6 Å². The Labute approximate surface area is 136 Å². The molecule has 0 bridgehead atoms. The number of anilines is 1. The number of aliphatic hydroxyl groups is 1. The van der Waals surface area contributed by atoms with Gasteiger partial charge in [0.1, 0.15) is 10.9 Å². The molecule has 22 heavy (non-hydrogen) atoms. The maximum Gasteiger partial charge on any atom is 0.131 e. The van der Waals surface area contributed by atoms with E-state index in [1.165, 1.54) is 0 Å². The Kier molecular flexibility index (Phi) is 4.63. The third-order valence-corrected chi connectivity index (χ3v) is 4.60. The topological polar surface area (TPSA) is 84.3 Å². The summed E-state index contributed by atoms with van der Waals surface area (Å²) in [5, 5.41) is 12.8. The first-order valence-corrected chi connectivity index (χ1v) is 8.07. The molecule has 3 aromatic heterocycles. The van der Waals surface area contributed by atoms with Gasteiger partial charge in [-0.25, -0.2) is 4.98 Å². The molecular formula is C15H16ClN3O2S. The van der Waals surface area contributed by atoms with Crippen LogP contribution in [0.15, 0.2) is 34.9 Å². The maximum atomic E-state index is 9.08. The highest BCUT2D eigenvalue weighted by molar-refractivity contribution is 7.19. The number of hydrogen-bond donors (Lipinski definition) is 3. The molecule has 116 valence electrons. The van der Waals surface area contributed by atoms with E-state index in [1.807, 2.05) is 18.2 Å².